The normalized spacial score (nSPS) is 11.5. The summed E-state index contributed by atoms with van der Waals surface area (Å²) in [6, 6.07) is 0. The predicted octanol–water partition coefficient (Wildman–Crippen LogP) is 1.65. The SMILES string of the molecule is CCNC(=O)C(C)(C)CNC(=NC)NCc1csc(N(C)C)n1.I. The molecule has 0 aliphatic rings. The number of rotatable bonds is 7. The summed E-state index contributed by atoms with van der Waals surface area (Å²) in [5, 5.41) is 12.2. The van der Waals surface area contributed by atoms with Crippen molar-refractivity contribution in [2.45, 2.75) is 27.3 Å². The summed E-state index contributed by atoms with van der Waals surface area (Å²) in [6.07, 6.45) is 0. The highest BCUT2D eigenvalue weighted by Gasteiger charge is 2.27. The minimum atomic E-state index is -0.508. The van der Waals surface area contributed by atoms with E-state index in [0.29, 0.717) is 25.6 Å². The Morgan fingerprint density at radius 1 is 1.33 bits per heavy atom. The fourth-order valence-electron chi connectivity index (χ4n) is 1.76. The monoisotopic (exact) mass is 468 g/mol. The lowest BCUT2D eigenvalue weighted by Gasteiger charge is -2.24. The molecule has 1 amide bonds. The first kappa shape index (κ1) is 22.9. The lowest BCUT2D eigenvalue weighted by atomic mass is 9.92. The van der Waals surface area contributed by atoms with Crippen molar-refractivity contribution >= 4 is 52.3 Å². The summed E-state index contributed by atoms with van der Waals surface area (Å²) in [5.74, 6) is 0.680. The zero-order valence-corrected chi connectivity index (χ0v) is 18.4. The molecule has 138 valence electrons. The van der Waals surface area contributed by atoms with Crippen LogP contribution in [0.15, 0.2) is 10.4 Å². The van der Waals surface area contributed by atoms with E-state index in [-0.39, 0.29) is 29.9 Å². The van der Waals surface area contributed by atoms with E-state index in [1.54, 1.807) is 18.4 Å². The van der Waals surface area contributed by atoms with Gasteiger partial charge in [-0.25, -0.2) is 4.98 Å². The van der Waals surface area contributed by atoms with E-state index < -0.39 is 5.41 Å². The summed E-state index contributed by atoms with van der Waals surface area (Å²) >= 11 is 1.61. The summed E-state index contributed by atoms with van der Waals surface area (Å²) in [5.41, 5.74) is 0.455. The van der Waals surface area contributed by atoms with Crippen LogP contribution in [-0.4, -0.2) is 51.1 Å². The molecular weight excluding hydrogens is 439 g/mol. The minimum absolute atomic E-state index is 0. The Hall–Kier alpha value is -1.10. The molecule has 0 fully saturated rings. The zero-order valence-electron chi connectivity index (χ0n) is 15.3. The van der Waals surface area contributed by atoms with Gasteiger partial charge in [0.1, 0.15) is 0 Å². The van der Waals surface area contributed by atoms with Crippen LogP contribution in [0.3, 0.4) is 0 Å². The Kier molecular flexibility index (Phi) is 10.2. The molecule has 0 saturated heterocycles. The van der Waals surface area contributed by atoms with E-state index in [0.717, 1.165) is 10.8 Å². The van der Waals surface area contributed by atoms with Gasteiger partial charge in [0.05, 0.1) is 17.7 Å². The average Bonchev–Trinajstić information content (AvgIpc) is 2.96. The summed E-state index contributed by atoms with van der Waals surface area (Å²) in [7, 11) is 5.65. The molecule has 0 unspecified atom stereocenters. The van der Waals surface area contributed by atoms with E-state index in [1.165, 1.54) is 0 Å². The highest BCUT2D eigenvalue weighted by Crippen LogP contribution is 2.17. The summed E-state index contributed by atoms with van der Waals surface area (Å²) < 4.78 is 0. The molecule has 1 aromatic heterocycles. The fourth-order valence-corrected chi connectivity index (χ4v) is 2.52. The van der Waals surface area contributed by atoms with E-state index in [9.17, 15) is 4.79 Å². The second-order valence-electron chi connectivity index (χ2n) is 6.04. The number of nitrogens with one attached hydrogen (secondary N) is 3. The Labute approximate surface area is 165 Å². The number of hydrogen-bond acceptors (Lipinski definition) is 5. The molecule has 1 aromatic rings. The molecule has 1 heterocycles. The number of carbonyl (C=O) groups excluding carboxylic acids is 1. The number of thiazole rings is 1. The molecule has 0 aliphatic carbocycles. The van der Waals surface area contributed by atoms with Gasteiger partial charge in [-0.15, -0.1) is 35.3 Å². The molecule has 0 radical (unpaired) electrons. The molecule has 0 atom stereocenters. The van der Waals surface area contributed by atoms with Gasteiger partial charge in [0.15, 0.2) is 11.1 Å². The predicted molar refractivity (Wildman–Crippen MR) is 113 cm³/mol. The largest absolute Gasteiger partial charge is 0.356 e. The molecule has 9 heteroatoms. The molecule has 0 saturated carbocycles. The maximum atomic E-state index is 12.0. The third kappa shape index (κ3) is 7.20. The van der Waals surface area contributed by atoms with Crippen LogP contribution < -0.4 is 20.9 Å². The van der Waals surface area contributed by atoms with Crippen LogP contribution in [0.5, 0.6) is 0 Å². The van der Waals surface area contributed by atoms with Crippen molar-refractivity contribution in [3.05, 3.63) is 11.1 Å². The quantitative estimate of drug-likeness (QED) is 0.322. The molecular formula is C15H29IN6OS. The second kappa shape index (κ2) is 10.7. The highest BCUT2D eigenvalue weighted by atomic mass is 127. The topological polar surface area (TPSA) is 81.6 Å². The van der Waals surface area contributed by atoms with E-state index in [1.807, 2.05) is 45.1 Å². The van der Waals surface area contributed by atoms with Gasteiger partial charge < -0.3 is 20.9 Å². The zero-order chi connectivity index (χ0) is 17.5. The molecule has 3 N–H and O–H groups in total. The van der Waals surface area contributed by atoms with E-state index in [4.69, 9.17) is 0 Å². The van der Waals surface area contributed by atoms with Crippen molar-refractivity contribution in [1.29, 1.82) is 0 Å². The number of amides is 1. The smallest absolute Gasteiger partial charge is 0.227 e. The number of nitrogens with zero attached hydrogens (tertiary/aromatic N) is 3. The van der Waals surface area contributed by atoms with Crippen molar-refractivity contribution in [3.63, 3.8) is 0 Å². The fraction of sp³-hybridized carbons (Fsp3) is 0.667. The van der Waals surface area contributed by atoms with Crippen LogP contribution in [-0.2, 0) is 11.3 Å². The lowest BCUT2D eigenvalue weighted by Crippen LogP contribution is -2.47. The van der Waals surface area contributed by atoms with Crippen molar-refractivity contribution in [2.75, 3.05) is 39.1 Å². The van der Waals surface area contributed by atoms with Crippen LogP contribution in [0.25, 0.3) is 0 Å². The third-order valence-corrected chi connectivity index (χ3v) is 4.29. The number of aliphatic imine (C=N–C) groups is 1. The van der Waals surface area contributed by atoms with Gasteiger partial charge in [-0.3, -0.25) is 9.79 Å². The summed E-state index contributed by atoms with van der Waals surface area (Å²) in [6.45, 7) is 7.44. The number of anilines is 1. The maximum absolute atomic E-state index is 12.0. The first-order valence-electron chi connectivity index (χ1n) is 7.64. The third-order valence-electron chi connectivity index (χ3n) is 3.23. The number of carbonyl (C=O) groups is 1. The molecule has 0 aromatic carbocycles. The second-order valence-corrected chi connectivity index (χ2v) is 6.88. The molecule has 7 nitrogen and oxygen atoms in total. The Balaban J connectivity index is 0.00000529. The van der Waals surface area contributed by atoms with Gasteiger partial charge in [-0.05, 0) is 20.8 Å². The number of aromatic nitrogens is 1. The van der Waals surface area contributed by atoms with Gasteiger partial charge in [0.2, 0.25) is 5.91 Å². The Morgan fingerprint density at radius 2 is 2.00 bits per heavy atom. The minimum Gasteiger partial charge on any atom is -0.356 e. The highest BCUT2D eigenvalue weighted by molar-refractivity contribution is 14.0. The first-order valence-corrected chi connectivity index (χ1v) is 8.52. The van der Waals surface area contributed by atoms with Crippen LogP contribution in [0.1, 0.15) is 26.5 Å². The number of hydrogen-bond donors (Lipinski definition) is 3. The van der Waals surface area contributed by atoms with Gasteiger partial charge in [-0.2, -0.15) is 0 Å². The van der Waals surface area contributed by atoms with Gasteiger partial charge in [0.25, 0.3) is 0 Å². The molecule has 0 aliphatic heterocycles. The molecule has 0 bridgehead atoms. The first-order chi connectivity index (χ1) is 10.8. The van der Waals surface area contributed by atoms with Crippen molar-refractivity contribution in [1.82, 2.24) is 20.9 Å². The standard InChI is InChI=1S/C15H28N6OS.HI/c1-7-17-12(22)15(2,3)10-19-13(16-4)18-8-11-9-23-14(20-11)21(5)6;/h9H,7-8,10H2,1-6H3,(H,17,22)(H2,16,18,19);1H. The molecule has 0 spiro atoms. The maximum Gasteiger partial charge on any atom is 0.227 e. The summed E-state index contributed by atoms with van der Waals surface area (Å²) in [4.78, 5) is 22.7. The number of halogens is 1. The number of guanidine groups is 1. The van der Waals surface area contributed by atoms with Gasteiger partial charge in [-0.1, -0.05) is 0 Å². The van der Waals surface area contributed by atoms with Crippen molar-refractivity contribution in [2.24, 2.45) is 10.4 Å². The van der Waals surface area contributed by atoms with E-state index >= 15 is 0 Å². The van der Waals surface area contributed by atoms with Gasteiger partial charge >= 0.3 is 0 Å². The van der Waals surface area contributed by atoms with Crippen LogP contribution in [0.4, 0.5) is 5.13 Å². The molecule has 24 heavy (non-hydrogen) atoms. The van der Waals surface area contributed by atoms with E-state index in [2.05, 4.69) is 25.9 Å². The lowest BCUT2D eigenvalue weighted by molar-refractivity contribution is -0.128. The molecule has 1 rings (SSSR count). The van der Waals surface area contributed by atoms with Crippen LogP contribution in [0, 0.1) is 5.41 Å². The van der Waals surface area contributed by atoms with Crippen LogP contribution in [0.2, 0.25) is 0 Å². The Bertz CT molecular complexity index is 544. The average molecular weight is 468 g/mol. The van der Waals surface area contributed by atoms with Crippen LogP contribution >= 0.6 is 35.3 Å². The van der Waals surface area contributed by atoms with Gasteiger partial charge in [0, 0.05) is 39.6 Å². The van der Waals surface area contributed by atoms with Crippen molar-refractivity contribution < 1.29 is 4.79 Å². The Morgan fingerprint density at radius 3 is 2.50 bits per heavy atom. The van der Waals surface area contributed by atoms with Crippen molar-refractivity contribution in [3.8, 4) is 0 Å².